The molecule has 2 aliphatic heterocycles. The maximum atomic E-state index is 12.1. The van der Waals surface area contributed by atoms with Gasteiger partial charge in [-0.3, -0.25) is 9.69 Å². The minimum absolute atomic E-state index is 0.00244. The summed E-state index contributed by atoms with van der Waals surface area (Å²) in [6.07, 6.45) is 7.82. The fourth-order valence-corrected chi connectivity index (χ4v) is 5.05. The third-order valence-corrected chi connectivity index (χ3v) is 6.27. The minimum atomic E-state index is 0.00244. The van der Waals surface area contributed by atoms with Gasteiger partial charge >= 0.3 is 0 Å². The average Bonchev–Trinajstić information content (AvgIpc) is 3.08. The summed E-state index contributed by atoms with van der Waals surface area (Å²) in [4.78, 5) is 18.0. The predicted molar refractivity (Wildman–Crippen MR) is 108 cm³/mol. The number of rotatable bonds is 4. The summed E-state index contributed by atoms with van der Waals surface area (Å²) in [6.45, 7) is 5.63. The van der Waals surface area contributed by atoms with E-state index in [1.54, 1.807) is 16.7 Å². The second kappa shape index (κ2) is 7.59. The van der Waals surface area contributed by atoms with Gasteiger partial charge < -0.3 is 4.90 Å². The van der Waals surface area contributed by atoms with Crippen molar-refractivity contribution in [1.82, 2.24) is 4.90 Å². The third kappa shape index (κ3) is 3.31. The van der Waals surface area contributed by atoms with E-state index in [1.165, 1.54) is 27.4 Å². The Balaban J connectivity index is 1.73. The quantitative estimate of drug-likeness (QED) is 0.557. The number of carbonyl (C=O) groups is 1. The number of amides is 1. The van der Waals surface area contributed by atoms with Crippen molar-refractivity contribution in [2.24, 2.45) is 0 Å². The zero-order chi connectivity index (χ0) is 17.1. The van der Waals surface area contributed by atoms with Gasteiger partial charge in [-0.15, -0.1) is 0 Å². The first-order chi connectivity index (χ1) is 11.7. The first kappa shape index (κ1) is 17.3. The van der Waals surface area contributed by atoms with Gasteiger partial charge in [-0.05, 0) is 38.1 Å². The van der Waals surface area contributed by atoms with E-state index in [1.807, 2.05) is 25.2 Å². The molecule has 0 saturated carbocycles. The second-order valence-corrected chi connectivity index (χ2v) is 7.89. The highest BCUT2D eigenvalue weighted by Gasteiger charge is 2.30. The average molecular weight is 375 g/mol. The first-order valence-corrected chi connectivity index (χ1v) is 9.86. The number of fused-ring (bicyclic) bond motifs is 1. The lowest BCUT2D eigenvalue weighted by molar-refractivity contribution is -0.122. The lowest BCUT2D eigenvalue weighted by Gasteiger charge is -2.17. The topological polar surface area (TPSA) is 23.6 Å². The number of thioether (sulfide) groups is 2. The van der Waals surface area contributed by atoms with Gasteiger partial charge in [-0.2, -0.15) is 0 Å². The molecule has 124 valence electrons. The van der Waals surface area contributed by atoms with Crippen molar-refractivity contribution in [3.05, 3.63) is 58.5 Å². The van der Waals surface area contributed by atoms with E-state index in [-0.39, 0.29) is 5.91 Å². The zero-order valence-electron chi connectivity index (χ0n) is 13.6. The molecule has 0 aromatic heterocycles. The predicted octanol–water partition coefficient (Wildman–Crippen LogP) is 4.78. The number of hydrogen-bond acceptors (Lipinski definition) is 5. The van der Waals surface area contributed by atoms with Crippen LogP contribution in [0.15, 0.2) is 63.4 Å². The monoisotopic (exact) mass is 374 g/mol. The van der Waals surface area contributed by atoms with E-state index in [0.717, 1.165) is 6.54 Å². The Kier molecular flexibility index (Phi) is 5.48. The van der Waals surface area contributed by atoms with Crippen LogP contribution in [-0.4, -0.2) is 28.2 Å². The SMILES string of the molecule is CCN1C(=O)C(=CC=CC=C2Sc3ccccc3N2CC)SC1=S. The van der Waals surface area contributed by atoms with E-state index >= 15 is 0 Å². The van der Waals surface area contributed by atoms with Gasteiger partial charge in [0.25, 0.3) is 5.91 Å². The van der Waals surface area contributed by atoms with Crippen LogP contribution < -0.4 is 4.90 Å². The number of allylic oxidation sites excluding steroid dienone is 4. The van der Waals surface area contributed by atoms with Gasteiger partial charge in [0, 0.05) is 18.0 Å². The molecule has 1 amide bonds. The highest BCUT2D eigenvalue weighted by Crippen LogP contribution is 2.45. The van der Waals surface area contributed by atoms with Crippen LogP contribution in [0.25, 0.3) is 0 Å². The third-order valence-electron chi connectivity index (χ3n) is 3.74. The summed E-state index contributed by atoms with van der Waals surface area (Å²) in [6, 6.07) is 8.42. The summed E-state index contributed by atoms with van der Waals surface area (Å²) >= 11 is 8.35. The normalized spacial score (nSPS) is 20.9. The minimum Gasteiger partial charge on any atom is -0.335 e. The van der Waals surface area contributed by atoms with Crippen LogP contribution in [0, 0.1) is 0 Å². The van der Waals surface area contributed by atoms with Gasteiger partial charge in [0.05, 0.1) is 15.6 Å². The van der Waals surface area contributed by atoms with Gasteiger partial charge in [0.1, 0.15) is 4.32 Å². The lowest BCUT2D eigenvalue weighted by atomic mass is 10.3. The van der Waals surface area contributed by atoms with Gasteiger partial charge in [0.2, 0.25) is 0 Å². The summed E-state index contributed by atoms with van der Waals surface area (Å²) in [5, 5.41) is 1.20. The van der Waals surface area contributed by atoms with Gasteiger partial charge in [-0.25, -0.2) is 0 Å². The molecule has 2 heterocycles. The molecule has 24 heavy (non-hydrogen) atoms. The van der Waals surface area contributed by atoms with Crippen molar-refractivity contribution in [3.63, 3.8) is 0 Å². The van der Waals surface area contributed by atoms with Crippen molar-refractivity contribution in [2.75, 3.05) is 18.0 Å². The van der Waals surface area contributed by atoms with Crippen LogP contribution in [-0.2, 0) is 4.79 Å². The summed E-state index contributed by atoms with van der Waals surface area (Å²) in [5.41, 5.74) is 1.26. The molecule has 1 saturated heterocycles. The summed E-state index contributed by atoms with van der Waals surface area (Å²) in [5.74, 6) is 0.00244. The fraction of sp³-hybridized carbons (Fsp3) is 0.222. The molecule has 1 aromatic rings. The number of likely N-dealkylation sites (N-methyl/N-ethyl adjacent to an activating group) is 1. The molecule has 0 spiro atoms. The van der Waals surface area contributed by atoms with E-state index in [0.29, 0.717) is 15.8 Å². The van der Waals surface area contributed by atoms with E-state index in [2.05, 4.69) is 42.2 Å². The largest absolute Gasteiger partial charge is 0.335 e. The Morgan fingerprint density at radius 1 is 1.04 bits per heavy atom. The van der Waals surface area contributed by atoms with Crippen molar-refractivity contribution in [3.8, 4) is 0 Å². The molecule has 3 rings (SSSR count). The molecule has 0 atom stereocenters. The molecule has 1 fully saturated rings. The molecular weight excluding hydrogens is 356 g/mol. The number of nitrogens with zero attached hydrogens (tertiary/aromatic N) is 2. The highest BCUT2D eigenvalue weighted by molar-refractivity contribution is 8.26. The standard InChI is InChI=1S/C18H18N2OS3/c1-3-19-13-9-5-6-10-14(13)23-16(19)12-8-7-11-15-17(21)20(4-2)18(22)24-15/h5-12H,3-4H2,1-2H3. The maximum Gasteiger partial charge on any atom is 0.266 e. The molecule has 0 N–H and O–H groups in total. The van der Waals surface area contributed by atoms with Gasteiger partial charge in [0.15, 0.2) is 0 Å². The Labute approximate surface area is 156 Å². The first-order valence-electron chi connectivity index (χ1n) is 7.82. The number of anilines is 1. The van der Waals surface area contributed by atoms with Crippen LogP contribution in [0.2, 0.25) is 0 Å². The molecule has 0 unspecified atom stereocenters. The molecule has 0 bridgehead atoms. The summed E-state index contributed by atoms with van der Waals surface area (Å²) < 4.78 is 0.638. The van der Waals surface area contributed by atoms with Crippen LogP contribution in [0.4, 0.5) is 5.69 Å². The van der Waals surface area contributed by atoms with Crippen molar-refractivity contribution in [1.29, 1.82) is 0 Å². The van der Waals surface area contributed by atoms with Crippen molar-refractivity contribution < 1.29 is 4.79 Å². The summed E-state index contributed by atoms with van der Waals surface area (Å²) in [7, 11) is 0. The molecule has 0 radical (unpaired) electrons. The Bertz CT molecular complexity index is 767. The van der Waals surface area contributed by atoms with E-state index in [4.69, 9.17) is 12.2 Å². The number of thiocarbonyl (C=S) groups is 1. The Hall–Kier alpha value is -1.50. The second-order valence-electron chi connectivity index (χ2n) is 5.15. The molecular formula is C18H18N2OS3. The molecule has 2 aliphatic rings. The van der Waals surface area contributed by atoms with Crippen molar-refractivity contribution >= 4 is 51.7 Å². The Morgan fingerprint density at radius 2 is 1.75 bits per heavy atom. The molecule has 3 nitrogen and oxygen atoms in total. The highest BCUT2D eigenvalue weighted by atomic mass is 32.2. The van der Waals surface area contributed by atoms with Crippen LogP contribution in [0.3, 0.4) is 0 Å². The maximum absolute atomic E-state index is 12.1. The lowest BCUT2D eigenvalue weighted by Crippen LogP contribution is -2.27. The smallest absolute Gasteiger partial charge is 0.266 e. The van der Waals surface area contributed by atoms with E-state index in [9.17, 15) is 4.79 Å². The van der Waals surface area contributed by atoms with E-state index < -0.39 is 0 Å². The Morgan fingerprint density at radius 3 is 2.46 bits per heavy atom. The number of hydrogen-bond donors (Lipinski definition) is 0. The number of para-hydroxylation sites is 1. The van der Waals surface area contributed by atoms with Crippen LogP contribution in [0.1, 0.15) is 13.8 Å². The fourth-order valence-electron chi connectivity index (χ4n) is 2.57. The molecule has 6 heteroatoms. The molecule has 1 aromatic carbocycles. The number of benzene rings is 1. The number of carbonyl (C=O) groups excluding carboxylic acids is 1. The molecule has 0 aliphatic carbocycles. The van der Waals surface area contributed by atoms with Gasteiger partial charge in [-0.1, -0.05) is 60.0 Å². The zero-order valence-corrected chi connectivity index (χ0v) is 16.0. The van der Waals surface area contributed by atoms with Crippen molar-refractivity contribution in [2.45, 2.75) is 18.7 Å². The van der Waals surface area contributed by atoms with Crippen LogP contribution in [0.5, 0.6) is 0 Å². The van der Waals surface area contributed by atoms with Crippen LogP contribution >= 0.6 is 35.7 Å².